The number of nitrogens with one attached hydrogen (secondary N) is 2. The Morgan fingerprint density at radius 1 is 0.950 bits per heavy atom. The van der Waals surface area contributed by atoms with Gasteiger partial charge in [-0.15, -0.1) is 0 Å². The highest BCUT2D eigenvalue weighted by atomic mass is 35.5. The van der Waals surface area contributed by atoms with Gasteiger partial charge in [-0.1, -0.05) is 41.9 Å². The zero-order valence-corrected chi connectivity index (χ0v) is 23.6. The second kappa shape index (κ2) is 12.8. The molecule has 1 aliphatic heterocycles. The summed E-state index contributed by atoms with van der Waals surface area (Å²) in [5.74, 6) is -1.06. The van der Waals surface area contributed by atoms with Crippen molar-refractivity contribution >= 4 is 57.7 Å². The molecule has 40 heavy (non-hydrogen) atoms. The van der Waals surface area contributed by atoms with E-state index in [-0.39, 0.29) is 18.2 Å². The average molecular weight is 561 g/mol. The van der Waals surface area contributed by atoms with E-state index in [0.29, 0.717) is 34.8 Å². The average Bonchev–Trinajstić information content (AvgIpc) is 3.25. The van der Waals surface area contributed by atoms with Crippen molar-refractivity contribution in [3.63, 3.8) is 0 Å². The molecule has 208 valence electrons. The first-order chi connectivity index (χ1) is 19.1. The van der Waals surface area contributed by atoms with E-state index >= 15 is 0 Å². The van der Waals surface area contributed by atoms with Gasteiger partial charge < -0.3 is 25.5 Å². The van der Waals surface area contributed by atoms with Crippen molar-refractivity contribution in [2.75, 3.05) is 43.2 Å². The Labute approximate surface area is 239 Å². The van der Waals surface area contributed by atoms with Crippen LogP contribution in [0, 0.1) is 0 Å². The third kappa shape index (κ3) is 7.08. The van der Waals surface area contributed by atoms with Crippen LogP contribution in [0.4, 0.5) is 17.1 Å². The molecule has 0 atom stereocenters. The maximum Gasteiger partial charge on any atom is 0.303 e. The third-order valence-electron chi connectivity index (χ3n) is 6.74. The predicted octanol–water partition coefficient (Wildman–Crippen LogP) is 5.59. The van der Waals surface area contributed by atoms with Crippen molar-refractivity contribution in [1.82, 2.24) is 4.90 Å². The highest BCUT2D eigenvalue weighted by Crippen LogP contribution is 2.39. The van der Waals surface area contributed by atoms with Gasteiger partial charge >= 0.3 is 5.97 Å². The first-order valence-corrected chi connectivity index (χ1v) is 13.4. The van der Waals surface area contributed by atoms with Crippen molar-refractivity contribution in [2.45, 2.75) is 25.7 Å². The van der Waals surface area contributed by atoms with Gasteiger partial charge in [0, 0.05) is 41.9 Å². The standard InChI is InChI=1S/C31H33ClN4O4/c1-35(2)18-4-5-27(37)36(3)24-14-12-23(13-15-24)33-30(21-9-6-20(7-10-21)8-17-28(38)39)29-25-16-11-22(32)19-26(25)34-31(29)40/h6-7,9-16,19,33H,4-5,8,17-18H2,1-3H3,(H,34,40)(H,38,39). The molecule has 3 N–H and O–H groups in total. The molecule has 0 spiro atoms. The number of hydrogen-bond donors (Lipinski definition) is 3. The van der Waals surface area contributed by atoms with Gasteiger partial charge in [-0.25, -0.2) is 0 Å². The number of halogens is 1. The highest BCUT2D eigenvalue weighted by Gasteiger charge is 2.28. The van der Waals surface area contributed by atoms with Crippen LogP contribution in [-0.4, -0.2) is 55.5 Å². The van der Waals surface area contributed by atoms with Gasteiger partial charge in [0.25, 0.3) is 5.91 Å². The quantitative estimate of drug-likeness (QED) is 0.264. The summed E-state index contributed by atoms with van der Waals surface area (Å²) >= 11 is 6.16. The van der Waals surface area contributed by atoms with E-state index in [1.807, 2.05) is 68.7 Å². The number of benzene rings is 3. The lowest BCUT2D eigenvalue weighted by molar-refractivity contribution is -0.137. The summed E-state index contributed by atoms with van der Waals surface area (Å²) in [5.41, 5.74) is 5.61. The lowest BCUT2D eigenvalue weighted by atomic mass is 9.98. The van der Waals surface area contributed by atoms with E-state index in [1.165, 1.54) is 0 Å². The van der Waals surface area contributed by atoms with Gasteiger partial charge in [0.15, 0.2) is 0 Å². The molecular formula is C31H33ClN4O4. The van der Waals surface area contributed by atoms with Crippen LogP contribution in [0.3, 0.4) is 0 Å². The molecule has 3 aromatic carbocycles. The second-order valence-electron chi connectivity index (χ2n) is 10.0. The van der Waals surface area contributed by atoms with Gasteiger partial charge in [-0.3, -0.25) is 14.4 Å². The van der Waals surface area contributed by atoms with Gasteiger partial charge in [0.2, 0.25) is 5.91 Å². The zero-order valence-electron chi connectivity index (χ0n) is 22.8. The van der Waals surface area contributed by atoms with Gasteiger partial charge in [0.05, 0.1) is 17.0 Å². The minimum atomic E-state index is -0.851. The number of carbonyl (C=O) groups excluding carboxylic acids is 2. The van der Waals surface area contributed by atoms with E-state index in [0.717, 1.165) is 41.0 Å². The molecule has 0 bridgehead atoms. The molecule has 0 saturated carbocycles. The Bertz CT molecular complexity index is 1430. The van der Waals surface area contributed by atoms with Crippen molar-refractivity contribution < 1.29 is 19.5 Å². The van der Waals surface area contributed by atoms with Crippen LogP contribution in [-0.2, 0) is 20.8 Å². The molecular weight excluding hydrogens is 528 g/mol. The van der Waals surface area contributed by atoms with Crippen molar-refractivity contribution in [2.24, 2.45) is 0 Å². The lowest BCUT2D eigenvalue weighted by Gasteiger charge is -2.19. The summed E-state index contributed by atoms with van der Waals surface area (Å²) < 4.78 is 0. The summed E-state index contributed by atoms with van der Waals surface area (Å²) in [6, 6.07) is 20.2. The van der Waals surface area contributed by atoms with Crippen molar-refractivity contribution in [3.05, 3.63) is 88.4 Å². The summed E-state index contributed by atoms with van der Waals surface area (Å²) in [7, 11) is 5.74. The number of carbonyl (C=O) groups is 3. The van der Waals surface area contributed by atoms with E-state index < -0.39 is 5.97 Å². The predicted molar refractivity (Wildman–Crippen MR) is 161 cm³/mol. The fourth-order valence-electron chi connectivity index (χ4n) is 4.53. The summed E-state index contributed by atoms with van der Waals surface area (Å²) in [6.45, 7) is 0.851. The molecule has 9 heteroatoms. The lowest BCUT2D eigenvalue weighted by Crippen LogP contribution is -2.27. The summed E-state index contributed by atoms with van der Waals surface area (Å²) in [5, 5.41) is 15.8. The normalized spacial score (nSPS) is 13.6. The fourth-order valence-corrected chi connectivity index (χ4v) is 4.70. The first kappa shape index (κ1) is 28.9. The van der Waals surface area contributed by atoms with Gasteiger partial charge in [0.1, 0.15) is 0 Å². The molecule has 0 aliphatic carbocycles. The number of amides is 2. The number of fused-ring (bicyclic) bond motifs is 1. The van der Waals surface area contributed by atoms with Gasteiger partial charge in [-0.2, -0.15) is 0 Å². The van der Waals surface area contributed by atoms with Crippen LogP contribution in [0.1, 0.15) is 36.0 Å². The van der Waals surface area contributed by atoms with E-state index in [2.05, 4.69) is 15.5 Å². The van der Waals surface area contributed by atoms with Crippen LogP contribution >= 0.6 is 11.6 Å². The monoisotopic (exact) mass is 560 g/mol. The third-order valence-corrected chi connectivity index (χ3v) is 6.98. The Kier molecular flexibility index (Phi) is 9.24. The molecule has 0 fully saturated rings. The SMILES string of the molecule is CN(C)CCCC(=O)N(C)c1ccc(NC(=C2C(=O)Nc3cc(Cl)ccc32)c2ccc(CCC(=O)O)cc2)cc1. The zero-order chi connectivity index (χ0) is 28.8. The molecule has 8 nitrogen and oxygen atoms in total. The van der Waals surface area contributed by atoms with E-state index in [4.69, 9.17) is 16.7 Å². The maximum absolute atomic E-state index is 13.2. The number of aliphatic carboxylic acids is 1. The Morgan fingerprint density at radius 3 is 2.30 bits per heavy atom. The van der Waals surface area contributed by atoms with Crippen LogP contribution in [0.2, 0.25) is 5.02 Å². The molecule has 4 rings (SSSR count). The smallest absolute Gasteiger partial charge is 0.303 e. The molecule has 2 amide bonds. The van der Waals surface area contributed by atoms with Gasteiger partial charge in [-0.05, 0) is 81.0 Å². The summed E-state index contributed by atoms with van der Waals surface area (Å²) in [6.07, 6.45) is 1.71. The number of aryl methyl sites for hydroxylation is 1. The molecule has 0 aromatic heterocycles. The van der Waals surface area contributed by atoms with Crippen LogP contribution in [0.5, 0.6) is 0 Å². The van der Waals surface area contributed by atoms with Crippen LogP contribution < -0.4 is 15.5 Å². The number of nitrogens with zero attached hydrogens (tertiary/aromatic N) is 2. The molecule has 1 heterocycles. The number of rotatable bonds is 11. The number of hydrogen-bond acceptors (Lipinski definition) is 5. The molecule has 0 saturated heterocycles. The first-order valence-electron chi connectivity index (χ1n) is 13.1. The maximum atomic E-state index is 13.2. The number of anilines is 3. The van der Waals surface area contributed by atoms with Crippen molar-refractivity contribution in [1.29, 1.82) is 0 Å². The molecule has 0 radical (unpaired) electrons. The Hall–Kier alpha value is -4.14. The fraction of sp³-hybridized carbons (Fsp3) is 0.258. The number of carboxylic acids is 1. The summed E-state index contributed by atoms with van der Waals surface area (Å²) in [4.78, 5) is 40.5. The molecule has 0 unspecified atom stereocenters. The molecule has 1 aliphatic rings. The second-order valence-corrected chi connectivity index (χ2v) is 10.5. The number of carboxylic acid groups (broad SMARTS) is 1. The van der Waals surface area contributed by atoms with Crippen LogP contribution in [0.25, 0.3) is 11.3 Å². The van der Waals surface area contributed by atoms with Crippen molar-refractivity contribution in [3.8, 4) is 0 Å². The Morgan fingerprint density at radius 2 is 1.65 bits per heavy atom. The van der Waals surface area contributed by atoms with E-state index in [1.54, 1.807) is 24.1 Å². The Balaban J connectivity index is 1.63. The largest absolute Gasteiger partial charge is 0.481 e. The highest BCUT2D eigenvalue weighted by molar-refractivity contribution is 6.38. The van der Waals surface area contributed by atoms with Crippen LogP contribution in [0.15, 0.2) is 66.7 Å². The topological polar surface area (TPSA) is 102 Å². The minimum Gasteiger partial charge on any atom is -0.481 e. The van der Waals surface area contributed by atoms with E-state index in [9.17, 15) is 14.4 Å². The molecule has 3 aromatic rings. The minimum absolute atomic E-state index is 0.0427.